The number of rotatable bonds is 9. The van der Waals surface area contributed by atoms with Gasteiger partial charge >= 0.3 is 0 Å². The van der Waals surface area contributed by atoms with Gasteiger partial charge in [-0.1, -0.05) is 19.3 Å². The molecule has 0 spiro atoms. The van der Waals surface area contributed by atoms with Gasteiger partial charge in [0.2, 0.25) is 5.88 Å². The van der Waals surface area contributed by atoms with Crippen LogP contribution in [0.3, 0.4) is 0 Å². The van der Waals surface area contributed by atoms with Crippen molar-refractivity contribution in [3.8, 4) is 5.88 Å². The summed E-state index contributed by atoms with van der Waals surface area (Å²) in [6.07, 6.45) is 7.26. The maximum atomic E-state index is 5.61. The van der Waals surface area contributed by atoms with Crippen molar-refractivity contribution >= 4 is 5.82 Å². The van der Waals surface area contributed by atoms with E-state index in [2.05, 4.69) is 10.3 Å². The molecule has 0 bridgehead atoms. The molecule has 0 radical (unpaired) electrons. The third kappa shape index (κ3) is 5.44. The Balaban J connectivity index is 1.99. The molecule has 1 aromatic heterocycles. The molecule has 1 aliphatic rings. The fourth-order valence-electron chi connectivity index (χ4n) is 2.83. The van der Waals surface area contributed by atoms with Gasteiger partial charge in [0, 0.05) is 31.7 Å². The topological polar surface area (TPSA) is 56.3 Å². The minimum absolute atomic E-state index is 0.484. The third-order valence-corrected chi connectivity index (χ3v) is 3.96. The second kappa shape index (κ2) is 9.62. The Hall–Kier alpha value is -1.36. The van der Waals surface area contributed by atoms with Gasteiger partial charge in [0.25, 0.3) is 0 Å². The van der Waals surface area contributed by atoms with E-state index in [0.29, 0.717) is 18.4 Å². The molecule has 1 aliphatic carbocycles. The average Bonchev–Trinajstić information content (AvgIpc) is 2.56. The van der Waals surface area contributed by atoms with Gasteiger partial charge in [0.1, 0.15) is 11.6 Å². The molecule has 0 atom stereocenters. The van der Waals surface area contributed by atoms with Gasteiger partial charge in [-0.15, -0.1) is 0 Å². The molecule has 2 rings (SSSR count). The fraction of sp³-hybridized carbons (Fsp3) is 0.765. The normalized spacial score (nSPS) is 15.7. The SMILES string of the molecule is CCOCCCNc1cc(OCC)nc(C2CCCCC2)n1. The zero-order chi connectivity index (χ0) is 15.6. The summed E-state index contributed by atoms with van der Waals surface area (Å²) in [6.45, 7) is 7.04. The van der Waals surface area contributed by atoms with E-state index in [1.165, 1.54) is 32.1 Å². The maximum absolute atomic E-state index is 5.61. The fourth-order valence-corrected chi connectivity index (χ4v) is 2.83. The average molecular weight is 307 g/mol. The first-order valence-corrected chi connectivity index (χ1v) is 8.66. The monoisotopic (exact) mass is 307 g/mol. The van der Waals surface area contributed by atoms with E-state index in [-0.39, 0.29) is 0 Å². The molecule has 124 valence electrons. The van der Waals surface area contributed by atoms with Gasteiger partial charge < -0.3 is 14.8 Å². The van der Waals surface area contributed by atoms with Crippen LogP contribution >= 0.6 is 0 Å². The summed E-state index contributed by atoms with van der Waals surface area (Å²) in [7, 11) is 0. The van der Waals surface area contributed by atoms with E-state index in [0.717, 1.165) is 37.8 Å². The lowest BCUT2D eigenvalue weighted by molar-refractivity contribution is 0.147. The molecule has 1 heterocycles. The number of hydrogen-bond acceptors (Lipinski definition) is 5. The van der Waals surface area contributed by atoms with Gasteiger partial charge in [0.15, 0.2) is 0 Å². The molecule has 1 N–H and O–H groups in total. The predicted octanol–water partition coefficient (Wildman–Crippen LogP) is 3.76. The van der Waals surface area contributed by atoms with Crippen molar-refractivity contribution in [1.29, 1.82) is 0 Å². The summed E-state index contributed by atoms with van der Waals surface area (Å²) in [5.41, 5.74) is 0. The Labute approximate surface area is 133 Å². The van der Waals surface area contributed by atoms with E-state index in [9.17, 15) is 0 Å². The van der Waals surface area contributed by atoms with Crippen molar-refractivity contribution in [3.63, 3.8) is 0 Å². The Morgan fingerprint density at radius 2 is 1.95 bits per heavy atom. The summed E-state index contributed by atoms with van der Waals surface area (Å²) in [4.78, 5) is 9.32. The zero-order valence-corrected chi connectivity index (χ0v) is 13.9. The molecule has 1 aromatic rings. The van der Waals surface area contributed by atoms with Crippen LogP contribution in [-0.2, 0) is 4.74 Å². The van der Waals surface area contributed by atoms with Crippen LogP contribution in [0, 0.1) is 0 Å². The lowest BCUT2D eigenvalue weighted by Gasteiger charge is -2.21. The summed E-state index contributed by atoms with van der Waals surface area (Å²) in [6, 6.07) is 1.90. The van der Waals surface area contributed by atoms with Gasteiger partial charge in [-0.2, -0.15) is 4.98 Å². The molecule has 0 aromatic carbocycles. The lowest BCUT2D eigenvalue weighted by Crippen LogP contribution is -2.13. The highest BCUT2D eigenvalue weighted by molar-refractivity contribution is 5.39. The highest BCUT2D eigenvalue weighted by Crippen LogP contribution is 2.32. The van der Waals surface area contributed by atoms with E-state index in [1.54, 1.807) is 0 Å². The Morgan fingerprint density at radius 1 is 1.14 bits per heavy atom. The van der Waals surface area contributed by atoms with Crippen molar-refractivity contribution in [2.75, 3.05) is 31.7 Å². The quantitative estimate of drug-likeness (QED) is 0.704. The van der Waals surface area contributed by atoms with Gasteiger partial charge in [-0.25, -0.2) is 4.98 Å². The van der Waals surface area contributed by atoms with Crippen molar-refractivity contribution in [2.45, 2.75) is 58.3 Å². The molecule has 0 unspecified atom stereocenters. The van der Waals surface area contributed by atoms with Gasteiger partial charge in [0.05, 0.1) is 6.61 Å². The zero-order valence-electron chi connectivity index (χ0n) is 13.9. The van der Waals surface area contributed by atoms with Crippen LogP contribution in [0.1, 0.15) is 64.1 Å². The first-order chi connectivity index (χ1) is 10.8. The second-order valence-electron chi connectivity index (χ2n) is 5.69. The molecular weight excluding hydrogens is 278 g/mol. The predicted molar refractivity (Wildman–Crippen MR) is 88.6 cm³/mol. The minimum Gasteiger partial charge on any atom is -0.478 e. The molecule has 5 nitrogen and oxygen atoms in total. The van der Waals surface area contributed by atoms with Crippen LogP contribution in [0.25, 0.3) is 0 Å². The first-order valence-electron chi connectivity index (χ1n) is 8.66. The standard InChI is InChI=1S/C17H29N3O2/c1-3-21-12-8-11-18-15-13-16(22-4-2)20-17(19-15)14-9-6-5-7-10-14/h13-14H,3-12H2,1-2H3,(H,18,19,20). The second-order valence-corrected chi connectivity index (χ2v) is 5.69. The minimum atomic E-state index is 0.484. The van der Waals surface area contributed by atoms with Crippen LogP contribution in [0.4, 0.5) is 5.82 Å². The van der Waals surface area contributed by atoms with Crippen LogP contribution in [0.15, 0.2) is 6.07 Å². The summed E-state index contributed by atoms with van der Waals surface area (Å²) in [5, 5.41) is 3.37. The Morgan fingerprint density at radius 3 is 2.68 bits per heavy atom. The molecular formula is C17H29N3O2. The Kier molecular flexibility index (Phi) is 7.43. The maximum Gasteiger partial charge on any atom is 0.218 e. The summed E-state index contributed by atoms with van der Waals surface area (Å²) in [5.74, 6) is 2.98. The number of ether oxygens (including phenoxy) is 2. The van der Waals surface area contributed by atoms with Crippen LogP contribution in [0.2, 0.25) is 0 Å². The third-order valence-electron chi connectivity index (χ3n) is 3.96. The number of anilines is 1. The number of nitrogens with zero attached hydrogens (tertiary/aromatic N) is 2. The molecule has 0 amide bonds. The Bertz CT molecular complexity index is 434. The van der Waals surface area contributed by atoms with E-state index >= 15 is 0 Å². The molecule has 0 saturated heterocycles. The molecule has 1 fully saturated rings. The van der Waals surface area contributed by atoms with Crippen LogP contribution in [0.5, 0.6) is 5.88 Å². The highest BCUT2D eigenvalue weighted by atomic mass is 16.5. The molecule has 1 saturated carbocycles. The molecule has 5 heteroatoms. The van der Waals surface area contributed by atoms with Crippen LogP contribution < -0.4 is 10.1 Å². The van der Waals surface area contributed by atoms with Crippen LogP contribution in [-0.4, -0.2) is 36.3 Å². The summed E-state index contributed by atoms with van der Waals surface area (Å²) >= 11 is 0. The number of hydrogen-bond donors (Lipinski definition) is 1. The highest BCUT2D eigenvalue weighted by Gasteiger charge is 2.19. The van der Waals surface area contributed by atoms with Gasteiger partial charge in [-0.05, 0) is 33.1 Å². The smallest absolute Gasteiger partial charge is 0.218 e. The summed E-state index contributed by atoms with van der Waals surface area (Å²) < 4.78 is 11.0. The van der Waals surface area contributed by atoms with Crippen molar-refractivity contribution in [2.24, 2.45) is 0 Å². The van der Waals surface area contributed by atoms with Gasteiger partial charge in [-0.3, -0.25) is 0 Å². The first kappa shape index (κ1) is 17.0. The molecule has 22 heavy (non-hydrogen) atoms. The lowest BCUT2D eigenvalue weighted by atomic mass is 9.89. The van der Waals surface area contributed by atoms with E-state index in [1.807, 2.05) is 19.9 Å². The van der Waals surface area contributed by atoms with Crippen molar-refractivity contribution < 1.29 is 9.47 Å². The molecule has 0 aliphatic heterocycles. The van der Waals surface area contributed by atoms with E-state index < -0.39 is 0 Å². The van der Waals surface area contributed by atoms with Crippen molar-refractivity contribution in [3.05, 3.63) is 11.9 Å². The largest absolute Gasteiger partial charge is 0.478 e. The number of nitrogens with one attached hydrogen (secondary N) is 1. The van der Waals surface area contributed by atoms with Crippen molar-refractivity contribution in [1.82, 2.24) is 9.97 Å². The number of aromatic nitrogens is 2. The van der Waals surface area contributed by atoms with E-state index in [4.69, 9.17) is 14.5 Å².